The highest BCUT2D eigenvalue weighted by molar-refractivity contribution is 6.09. The number of fused-ring (bicyclic) bond motifs is 2. The maximum absolute atomic E-state index is 13.5. The lowest BCUT2D eigenvalue weighted by molar-refractivity contribution is 0.0581. The van der Waals surface area contributed by atoms with Gasteiger partial charge in [-0.2, -0.15) is 0 Å². The number of ether oxygens (including phenoxy) is 3. The fraction of sp³-hybridized carbons (Fsp3) is 0.261. The normalized spacial score (nSPS) is 16.6. The second kappa shape index (κ2) is 14.5. The van der Waals surface area contributed by atoms with Crippen molar-refractivity contribution >= 4 is 23.5 Å². The van der Waals surface area contributed by atoms with E-state index < -0.39 is 11.7 Å². The molecule has 6 nitrogen and oxygen atoms in total. The van der Waals surface area contributed by atoms with Gasteiger partial charge in [-0.3, -0.25) is 4.79 Å². The number of carbonyl (C=O) groups excluding carboxylic acids is 2. The Morgan fingerprint density at radius 3 is 2.06 bits per heavy atom. The molecule has 0 saturated carbocycles. The summed E-state index contributed by atoms with van der Waals surface area (Å²) < 4.78 is 18.3. The molecule has 0 N–H and O–H groups in total. The van der Waals surface area contributed by atoms with Gasteiger partial charge in [0.2, 0.25) is 5.72 Å². The first-order valence-electron chi connectivity index (χ1n) is 18.3. The largest absolute Gasteiger partial charge is 0.494 e. The molecule has 0 aliphatic carbocycles. The predicted octanol–water partition coefficient (Wildman–Crippen LogP) is 10.7. The topological polar surface area (TPSA) is 65.1 Å². The first-order valence-corrected chi connectivity index (χ1v) is 18.3. The van der Waals surface area contributed by atoms with Gasteiger partial charge in [-0.05, 0) is 122 Å². The van der Waals surface area contributed by atoms with Crippen molar-refractivity contribution in [2.24, 2.45) is 0 Å². The number of nitrogens with zero attached hydrogens (tertiary/aromatic N) is 1. The van der Waals surface area contributed by atoms with Crippen LogP contribution in [0.15, 0.2) is 121 Å². The van der Waals surface area contributed by atoms with Gasteiger partial charge in [0, 0.05) is 29.4 Å². The zero-order valence-corrected chi connectivity index (χ0v) is 30.4. The van der Waals surface area contributed by atoms with Crippen molar-refractivity contribution in [2.75, 3.05) is 18.6 Å². The fourth-order valence-corrected chi connectivity index (χ4v) is 7.36. The molecule has 2 aliphatic heterocycles. The summed E-state index contributed by atoms with van der Waals surface area (Å²) in [5.41, 5.74) is 5.77. The Kier molecular flexibility index (Phi) is 9.74. The molecule has 0 bridgehead atoms. The number of benzene rings is 5. The second-order valence-corrected chi connectivity index (χ2v) is 14.2. The van der Waals surface area contributed by atoms with Gasteiger partial charge in [-0.25, -0.2) is 4.79 Å². The molecule has 5 aromatic carbocycles. The lowest BCUT2D eigenvalue weighted by Gasteiger charge is -2.45. The van der Waals surface area contributed by atoms with Gasteiger partial charge in [0.25, 0.3) is 0 Å². The van der Waals surface area contributed by atoms with Crippen molar-refractivity contribution in [2.45, 2.75) is 64.0 Å². The van der Waals surface area contributed by atoms with Gasteiger partial charge in [-0.1, -0.05) is 75.1 Å². The molecule has 6 heteroatoms. The molecule has 1 spiro atoms. The van der Waals surface area contributed by atoms with Gasteiger partial charge < -0.3 is 19.1 Å². The molecule has 2 aliphatic rings. The molecule has 264 valence electrons. The van der Waals surface area contributed by atoms with Crippen LogP contribution >= 0.6 is 0 Å². The molecule has 52 heavy (non-hydrogen) atoms. The zero-order valence-electron chi connectivity index (χ0n) is 30.4. The van der Waals surface area contributed by atoms with E-state index in [9.17, 15) is 9.59 Å². The summed E-state index contributed by atoms with van der Waals surface area (Å²) in [5.74, 6) is 1.36. The summed E-state index contributed by atoms with van der Waals surface area (Å²) in [6, 6.07) is 36.0. The van der Waals surface area contributed by atoms with E-state index >= 15 is 0 Å². The third kappa shape index (κ3) is 6.61. The maximum Gasteiger partial charge on any atom is 0.343 e. The molecular formula is C46H45NO5. The van der Waals surface area contributed by atoms with E-state index in [-0.39, 0.29) is 11.2 Å². The number of carbonyl (C=O) groups is 2. The number of ketones is 1. The summed E-state index contributed by atoms with van der Waals surface area (Å²) in [6.45, 7) is 7.35. The molecule has 5 aromatic rings. The lowest BCUT2D eigenvalue weighted by Crippen LogP contribution is -2.58. The lowest BCUT2D eigenvalue weighted by atomic mass is 9.76. The van der Waals surface area contributed by atoms with Crippen LogP contribution in [0.2, 0.25) is 0 Å². The van der Waals surface area contributed by atoms with Crippen molar-refractivity contribution in [3.63, 3.8) is 0 Å². The van der Waals surface area contributed by atoms with Crippen LogP contribution in [0.25, 0.3) is 17.2 Å². The number of hydrogen-bond donors (Lipinski definition) is 0. The van der Waals surface area contributed by atoms with Crippen LogP contribution in [0, 0.1) is 0 Å². The van der Waals surface area contributed by atoms with Crippen LogP contribution in [0.1, 0.15) is 90.3 Å². The van der Waals surface area contributed by atoms with Gasteiger partial charge in [0.15, 0.2) is 5.78 Å². The van der Waals surface area contributed by atoms with Crippen molar-refractivity contribution in [1.82, 2.24) is 0 Å². The third-order valence-electron chi connectivity index (χ3n) is 10.5. The van der Waals surface area contributed by atoms with E-state index in [2.05, 4.69) is 63.1 Å². The number of rotatable bonds is 12. The number of hydrogen-bond acceptors (Lipinski definition) is 6. The highest BCUT2D eigenvalue weighted by atomic mass is 16.5. The Labute approximate surface area is 306 Å². The van der Waals surface area contributed by atoms with Gasteiger partial charge in [0.1, 0.15) is 17.2 Å². The highest BCUT2D eigenvalue weighted by Crippen LogP contribution is 2.54. The van der Waals surface area contributed by atoms with E-state index in [1.807, 2.05) is 54.6 Å². The first kappa shape index (κ1) is 34.8. The van der Waals surface area contributed by atoms with Gasteiger partial charge >= 0.3 is 5.97 Å². The number of unbranched alkanes of at least 4 members (excludes halogenated alkanes) is 4. The minimum atomic E-state index is -0.681. The minimum absolute atomic E-state index is 0.127. The third-order valence-corrected chi connectivity index (χ3v) is 10.5. The number of esters is 1. The van der Waals surface area contributed by atoms with Crippen molar-refractivity contribution < 1.29 is 23.8 Å². The fourth-order valence-electron chi connectivity index (χ4n) is 7.36. The molecular weight excluding hydrogens is 647 g/mol. The Morgan fingerprint density at radius 2 is 1.35 bits per heavy atom. The highest BCUT2D eigenvalue weighted by Gasteiger charge is 2.57. The average Bonchev–Trinajstić information content (AvgIpc) is 3.33. The molecule has 7 rings (SSSR count). The summed E-state index contributed by atoms with van der Waals surface area (Å²) in [6.07, 6.45) is 10.2. The Bertz CT molecular complexity index is 2100. The predicted molar refractivity (Wildman–Crippen MR) is 208 cm³/mol. The Balaban J connectivity index is 0.953. The van der Waals surface area contributed by atoms with E-state index in [0.717, 1.165) is 46.9 Å². The van der Waals surface area contributed by atoms with Crippen molar-refractivity contribution in [3.8, 4) is 28.4 Å². The molecule has 0 fully saturated rings. The maximum atomic E-state index is 13.5. The van der Waals surface area contributed by atoms with Crippen LogP contribution in [0.3, 0.4) is 0 Å². The van der Waals surface area contributed by atoms with Crippen LogP contribution in [0.4, 0.5) is 5.69 Å². The van der Waals surface area contributed by atoms with Crippen LogP contribution in [-0.4, -0.2) is 31.1 Å². The van der Waals surface area contributed by atoms with Crippen LogP contribution in [-0.2, 0) is 5.41 Å². The Morgan fingerprint density at radius 1 is 0.712 bits per heavy atom. The minimum Gasteiger partial charge on any atom is -0.494 e. The van der Waals surface area contributed by atoms with E-state index in [1.54, 1.807) is 42.5 Å². The Hall–Kier alpha value is -5.62. The molecule has 0 radical (unpaired) electrons. The first-order chi connectivity index (χ1) is 25.2. The molecule has 2 heterocycles. The molecule has 0 saturated heterocycles. The van der Waals surface area contributed by atoms with Crippen LogP contribution < -0.4 is 19.1 Å². The van der Waals surface area contributed by atoms with Crippen LogP contribution in [0.5, 0.6) is 17.2 Å². The monoisotopic (exact) mass is 691 g/mol. The van der Waals surface area contributed by atoms with Gasteiger partial charge in [-0.15, -0.1) is 0 Å². The molecule has 1 atom stereocenters. The number of para-hydroxylation sites is 1. The molecule has 0 aromatic heterocycles. The van der Waals surface area contributed by atoms with Crippen molar-refractivity contribution in [3.05, 3.63) is 149 Å². The average molecular weight is 692 g/mol. The van der Waals surface area contributed by atoms with E-state index in [4.69, 9.17) is 14.2 Å². The zero-order chi connectivity index (χ0) is 36.3. The number of anilines is 1. The standard InChI is InChI=1S/C46H45NO5/c1-5-6-7-8-11-30-50-38-23-18-33(19-24-38)32-14-16-35(17-15-32)44(49)51-39-25-20-34(21-26-39)43(48)37-22-27-42-36(31-37)28-29-46(52-42)45(2,3)40-12-9-10-13-41(40)47(46)4/h9-10,12-29,31H,5-8,11,30H2,1-4H3/t46-/m1/s1. The quantitative estimate of drug-likeness (QED) is 0.0562. The van der Waals surface area contributed by atoms with E-state index in [0.29, 0.717) is 22.4 Å². The molecule has 0 unspecified atom stereocenters. The summed E-state index contributed by atoms with van der Waals surface area (Å²) in [5, 5.41) is 0. The summed E-state index contributed by atoms with van der Waals surface area (Å²) >= 11 is 0. The van der Waals surface area contributed by atoms with Crippen molar-refractivity contribution in [1.29, 1.82) is 0 Å². The summed E-state index contributed by atoms with van der Waals surface area (Å²) in [7, 11) is 2.06. The molecule has 0 amide bonds. The second-order valence-electron chi connectivity index (χ2n) is 14.2. The smallest absolute Gasteiger partial charge is 0.343 e. The van der Waals surface area contributed by atoms with Gasteiger partial charge in [0.05, 0.1) is 17.6 Å². The summed E-state index contributed by atoms with van der Waals surface area (Å²) in [4.78, 5) is 28.7. The van der Waals surface area contributed by atoms with E-state index in [1.165, 1.54) is 31.2 Å². The number of likely N-dealkylation sites (N-methyl/N-ethyl adjacent to an activating group) is 1. The SMILES string of the molecule is CCCCCCCOc1ccc(-c2ccc(C(=O)Oc3ccc(C(=O)c4ccc5c(c4)C=C[C@]4(O5)N(C)c5ccccc5C4(C)C)cc3)cc2)cc1.